The van der Waals surface area contributed by atoms with E-state index in [9.17, 15) is 9.59 Å². The zero-order chi connectivity index (χ0) is 16.3. The van der Waals surface area contributed by atoms with Gasteiger partial charge in [0.1, 0.15) is 17.2 Å². The van der Waals surface area contributed by atoms with Gasteiger partial charge in [0, 0.05) is 12.3 Å². The number of nitrogens with one attached hydrogen (secondary N) is 2. The predicted octanol–water partition coefficient (Wildman–Crippen LogP) is 1.38. The second-order valence-corrected chi connectivity index (χ2v) is 5.00. The second kappa shape index (κ2) is 6.48. The van der Waals surface area contributed by atoms with Gasteiger partial charge < -0.3 is 25.5 Å². The van der Waals surface area contributed by atoms with E-state index in [1.54, 1.807) is 12.1 Å². The molecule has 1 aromatic heterocycles. The number of halogens is 1. The van der Waals surface area contributed by atoms with Gasteiger partial charge in [0.15, 0.2) is 5.82 Å². The van der Waals surface area contributed by atoms with E-state index in [0.29, 0.717) is 16.0 Å². The largest absolute Gasteiger partial charge is 0.496 e. The summed E-state index contributed by atoms with van der Waals surface area (Å²) in [7, 11) is 2.95. The molecular weight excluding hydrogens is 356 g/mol. The van der Waals surface area contributed by atoms with Crippen molar-refractivity contribution in [3.8, 4) is 11.5 Å². The Hall–Kier alpha value is -2.55. The van der Waals surface area contributed by atoms with Crippen molar-refractivity contribution in [1.29, 1.82) is 0 Å². The van der Waals surface area contributed by atoms with Gasteiger partial charge in [-0.1, -0.05) is 0 Å². The van der Waals surface area contributed by atoms with Crippen molar-refractivity contribution in [3.05, 3.63) is 38.9 Å². The highest BCUT2D eigenvalue weighted by Gasteiger charge is 2.17. The van der Waals surface area contributed by atoms with E-state index in [-0.39, 0.29) is 17.1 Å². The van der Waals surface area contributed by atoms with Crippen LogP contribution in [0.3, 0.4) is 0 Å². The number of aromatic nitrogens is 2. The normalized spacial score (nSPS) is 10.1. The molecule has 1 aromatic carbocycles. The molecule has 1 amide bonds. The molecular formula is C13H13BrN4O4. The van der Waals surface area contributed by atoms with Crippen molar-refractivity contribution >= 4 is 33.3 Å². The van der Waals surface area contributed by atoms with Gasteiger partial charge in [-0.05, 0) is 22.0 Å². The molecule has 9 heteroatoms. The third kappa shape index (κ3) is 3.19. The molecule has 0 radical (unpaired) electrons. The summed E-state index contributed by atoms with van der Waals surface area (Å²) >= 11 is 3.30. The summed E-state index contributed by atoms with van der Waals surface area (Å²) in [6.07, 6.45) is 1.27. The molecule has 0 atom stereocenters. The molecule has 0 saturated carbocycles. The Bertz CT molecular complexity index is 775. The zero-order valence-electron chi connectivity index (χ0n) is 11.8. The maximum absolute atomic E-state index is 12.4. The fraction of sp³-hybridized carbons (Fsp3) is 0.154. The Morgan fingerprint density at radius 1 is 1.32 bits per heavy atom. The Kier molecular flexibility index (Phi) is 4.66. The molecule has 2 aromatic rings. The number of nitrogens with zero attached hydrogens (tertiary/aromatic N) is 1. The Morgan fingerprint density at radius 3 is 2.59 bits per heavy atom. The lowest BCUT2D eigenvalue weighted by Crippen LogP contribution is -2.19. The summed E-state index contributed by atoms with van der Waals surface area (Å²) in [5, 5.41) is 2.55. The summed E-state index contributed by atoms with van der Waals surface area (Å²) in [4.78, 5) is 29.2. The van der Waals surface area contributed by atoms with Gasteiger partial charge in [0.05, 0.1) is 24.3 Å². The molecule has 0 fully saturated rings. The van der Waals surface area contributed by atoms with E-state index in [1.165, 1.54) is 20.4 Å². The number of nitrogen functional groups attached to an aromatic ring is 1. The van der Waals surface area contributed by atoms with Crippen molar-refractivity contribution in [1.82, 2.24) is 9.97 Å². The molecule has 0 bridgehead atoms. The average molecular weight is 369 g/mol. The number of rotatable bonds is 4. The maximum atomic E-state index is 12.4. The van der Waals surface area contributed by atoms with E-state index in [4.69, 9.17) is 15.2 Å². The molecule has 4 N–H and O–H groups in total. The number of anilines is 2. The first kappa shape index (κ1) is 15.8. The smallest absolute Gasteiger partial charge is 0.346 e. The molecule has 22 heavy (non-hydrogen) atoms. The summed E-state index contributed by atoms with van der Waals surface area (Å²) in [6.45, 7) is 0. The highest BCUT2D eigenvalue weighted by molar-refractivity contribution is 9.10. The Balaban J connectivity index is 2.37. The number of hydrogen-bond acceptors (Lipinski definition) is 6. The number of carbonyl (C=O) groups is 1. The maximum Gasteiger partial charge on any atom is 0.346 e. The first-order chi connectivity index (χ1) is 10.5. The third-order valence-corrected chi connectivity index (χ3v) is 3.42. The van der Waals surface area contributed by atoms with Crippen molar-refractivity contribution in [2.45, 2.75) is 0 Å². The molecule has 0 saturated heterocycles. The van der Waals surface area contributed by atoms with Gasteiger partial charge in [-0.3, -0.25) is 4.79 Å². The fourth-order valence-corrected chi connectivity index (χ4v) is 2.24. The Labute approximate surface area is 133 Å². The number of methoxy groups -OCH3 is 2. The minimum absolute atomic E-state index is 0.0800. The van der Waals surface area contributed by atoms with Crippen LogP contribution in [-0.2, 0) is 0 Å². The number of amides is 1. The Morgan fingerprint density at radius 2 is 2.00 bits per heavy atom. The summed E-state index contributed by atoms with van der Waals surface area (Å²) in [5.74, 6) is 0.302. The zero-order valence-corrected chi connectivity index (χ0v) is 13.4. The van der Waals surface area contributed by atoms with Crippen LogP contribution in [0.15, 0.2) is 27.6 Å². The standard InChI is InChI=1S/C13H13BrN4O4/c1-21-9-4-10(22-2)7(14)3-6(9)12(19)17-8-5-16-13(20)18-11(8)15/h3-5H,1-2H3,(H,17,19)(H3,15,16,18,20). The fourth-order valence-electron chi connectivity index (χ4n) is 1.74. The number of nitrogens with two attached hydrogens (primary N) is 1. The monoisotopic (exact) mass is 368 g/mol. The van der Waals surface area contributed by atoms with Gasteiger partial charge in [0.2, 0.25) is 0 Å². The van der Waals surface area contributed by atoms with Crippen LogP contribution in [0.1, 0.15) is 10.4 Å². The van der Waals surface area contributed by atoms with Gasteiger partial charge in [-0.15, -0.1) is 0 Å². The number of aromatic amines is 1. The van der Waals surface area contributed by atoms with Gasteiger partial charge >= 0.3 is 5.69 Å². The number of benzene rings is 1. The van der Waals surface area contributed by atoms with Crippen LogP contribution in [0.25, 0.3) is 0 Å². The van der Waals surface area contributed by atoms with Crippen LogP contribution in [-0.4, -0.2) is 30.1 Å². The molecule has 0 unspecified atom stereocenters. The third-order valence-electron chi connectivity index (χ3n) is 2.80. The minimum atomic E-state index is -0.597. The molecule has 8 nitrogen and oxygen atoms in total. The first-order valence-electron chi connectivity index (χ1n) is 6.04. The van der Waals surface area contributed by atoms with Gasteiger partial charge in [0.25, 0.3) is 5.91 Å². The molecule has 116 valence electrons. The summed E-state index contributed by atoms with van der Waals surface area (Å²) < 4.78 is 10.9. The van der Waals surface area contributed by atoms with Crippen LogP contribution in [0, 0.1) is 0 Å². The number of hydrogen-bond donors (Lipinski definition) is 3. The van der Waals surface area contributed by atoms with Crippen molar-refractivity contribution in [3.63, 3.8) is 0 Å². The van der Waals surface area contributed by atoms with E-state index < -0.39 is 11.6 Å². The van der Waals surface area contributed by atoms with Crippen molar-refractivity contribution in [2.24, 2.45) is 0 Å². The molecule has 0 aliphatic carbocycles. The minimum Gasteiger partial charge on any atom is -0.496 e. The highest BCUT2D eigenvalue weighted by Crippen LogP contribution is 2.33. The summed E-state index contributed by atoms with van der Waals surface area (Å²) in [6, 6.07) is 3.13. The lowest BCUT2D eigenvalue weighted by atomic mass is 10.1. The highest BCUT2D eigenvalue weighted by atomic mass is 79.9. The molecule has 1 heterocycles. The quantitative estimate of drug-likeness (QED) is 0.749. The van der Waals surface area contributed by atoms with Crippen LogP contribution in [0.2, 0.25) is 0 Å². The predicted molar refractivity (Wildman–Crippen MR) is 84.5 cm³/mol. The molecule has 0 aliphatic heterocycles. The van der Waals surface area contributed by atoms with E-state index in [2.05, 4.69) is 31.2 Å². The number of H-pyrrole nitrogens is 1. The average Bonchev–Trinajstić information content (AvgIpc) is 2.49. The summed E-state index contributed by atoms with van der Waals surface area (Å²) in [5.41, 5.74) is 5.45. The number of carbonyl (C=O) groups excluding carboxylic acids is 1. The van der Waals surface area contributed by atoms with E-state index >= 15 is 0 Å². The van der Waals surface area contributed by atoms with Crippen LogP contribution in [0.4, 0.5) is 11.5 Å². The lowest BCUT2D eigenvalue weighted by molar-refractivity contribution is 0.102. The topological polar surface area (TPSA) is 119 Å². The molecule has 0 spiro atoms. The van der Waals surface area contributed by atoms with Crippen molar-refractivity contribution < 1.29 is 14.3 Å². The molecule has 0 aliphatic rings. The molecule has 2 rings (SSSR count). The van der Waals surface area contributed by atoms with Crippen LogP contribution < -0.4 is 26.2 Å². The van der Waals surface area contributed by atoms with E-state index in [1.807, 2.05) is 0 Å². The SMILES string of the molecule is COc1cc(OC)c(C(=O)Nc2c[nH]c(=O)nc2N)cc1Br. The van der Waals surface area contributed by atoms with Gasteiger partial charge in [-0.2, -0.15) is 4.98 Å². The van der Waals surface area contributed by atoms with Gasteiger partial charge in [-0.25, -0.2) is 4.79 Å². The lowest BCUT2D eigenvalue weighted by Gasteiger charge is -2.12. The van der Waals surface area contributed by atoms with Crippen molar-refractivity contribution in [2.75, 3.05) is 25.3 Å². The second-order valence-electron chi connectivity index (χ2n) is 4.15. The van der Waals surface area contributed by atoms with Crippen LogP contribution in [0.5, 0.6) is 11.5 Å². The van der Waals surface area contributed by atoms with Crippen LogP contribution >= 0.6 is 15.9 Å². The number of ether oxygens (including phenoxy) is 2. The van der Waals surface area contributed by atoms with E-state index in [0.717, 1.165) is 0 Å². The first-order valence-corrected chi connectivity index (χ1v) is 6.83.